The van der Waals surface area contributed by atoms with Gasteiger partial charge in [0, 0.05) is 17.7 Å². The number of aromatic nitrogens is 1. The van der Waals surface area contributed by atoms with Gasteiger partial charge in [-0.25, -0.2) is 4.39 Å². The van der Waals surface area contributed by atoms with E-state index in [0.717, 1.165) is 11.1 Å². The van der Waals surface area contributed by atoms with Crippen molar-refractivity contribution in [3.8, 4) is 11.3 Å². The highest BCUT2D eigenvalue weighted by Gasteiger charge is 2.10. The summed E-state index contributed by atoms with van der Waals surface area (Å²) in [5.74, 6) is 0.0435. The fraction of sp³-hybridized carbons (Fsp3) is 0.150. The Morgan fingerprint density at radius 1 is 0.909 bits per heavy atom. The van der Waals surface area contributed by atoms with Crippen LogP contribution >= 0.6 is 0 Å². The largest absolute Gasteiger partial charge is 0.256 e. The topological polar surface area (TPSA) is 12.9 Å². The molecule has 22 heavy (non-hydrogen) atoms. The zero-order valence-corrected chi connectivity index (χ0v) is 12.8. The van der Waals surface area contributed by atoms with Crippen molar-refractivity contribution in [2.24, 2.45) is 0 Å². The maximum Gasteiger partial charge on any atom is 0.132 e. The van der Waals surface area contributed by atoms with Gasteiger partial charge < -0.3 is 0 Å². The number of hydrogen-bond acceptors (Lipinski definition) is 1. The molecule has 2 heteroatoms. The predicted octanol–water partition coefficient (Wildman–Crippen LogP) is 5.35. The molecule has 0 spiro atoms. The summed E-state index contributed by atoms with van der Waals surface area (Å²) in [6.07, 6.45) is 1.84. The normalized spacial score (nSPS) is 12.1. The third-order valence-electron chi connectivity index (χ3n) is 3.99. The SMILES string of the molecule is Cc1ccc(-c2ccc(C(C)c3ccccc3)cn2)c(F)c1. The zero-order valence-electron chi connectivity index (χ0n) is 12.8. The van der Waals surface area contributed by atoms with E-state index in [0.29, 0.717) is 11.3 Å². The maximum absolute atomic E-state index is 14.0. The first kappa shape index (κ1) is 14.5. The molecule has 1 unspecified atom stereocenters. The average Bonchev–Trinajstić information content (AvgIpc) is 2.55. The van der Waals surface area contributed by atoms with Crippen molar-refractivity contribution in [2.45, 2.75) is 19.8 Å². The molecule has 0 N–H and O–H groups in total. The maximum atomic E-state index is 14.0. The Kier molecular flexibility index (Phi) is 4.01. The van der Waals surface area contributed by atoms with E-state index in [-0.39, 0.29) is 11.7 Å². The summed E-state index contributed by atoms with van der Waals surface area (Å²) in [5, 5.41) is 0. The molecule has 0 amide bonds. The summed E-state index contributed by atoms with van der Waals surface area (Å²) in [5.41, 5.74) is 4.50. The minimum Gasteiger partial charge on any atom is -0.256 e. The van der Waals surface area contributed by atoms with Crippen LogP contribution in [0.15, 0.2) is 66.9 Å². The van der Waals surface area contributed by atoms with E-state index in [2.05, 4.69) is 24.0 Å². The molecule has 0 saturated carbocycles. The standard InChI is InChI=1S/C20H18FN/c1-14-8-10-18(19(21)12-14)20-11-9-17(13-22-20)15(2)16-6-4-3-5-7-16/h3-13,15H,1-2H3. The first-order valence-electron chi connectivity index (χ1n) is 7.42. The summed E-state index contributed by atoms with van der Waals surface area (Å²) in [4.78, 5) is 4.45. The van der Waals surface area contributed by atoms with Crippen molar-refractivity contribution in [2.75, 3.05) is 0 Å². The first-order chi connectivity index (χ1) is 10.6. The van der Waals surface area contributed by atoms with E-state index in [4.69, 9.17) is 0 Å². The summed E-state index contributed by atoms with van der Waals surface area (Å²) >= 11 is 0. The van der Waals surface area contributed by atoms with E-state index in [9.17, 15) is 4.39 Å². The third-order valence-corrected chi connectivity index (χ3v) is 3.99. The zero-order chi connectivity index (χ0) is 15.5. The van der Waals surface area contributed by atoms with Gasteiger partial charge in [0.25, 0.3) is 0 Å². The number of aryl methyl sites for hydroxylation is 1. The lowest BCUT2D eigenvalue weighted by molar-refractivity contribution is 0.629. The van der Waals surface area contributed by atoms with E-state index in [1.807, 2.05) is 49.5 Å². The Morgan fingerprint density at radius 2 is 1.68 bits per heavy atom. The fourth-order valence-electron chi connectivity index (χ4n) is 2.58. The van der Waals surface area contributed by atoms with Crippen molar-refractivity contribution < 1.29 is 4.39 Å². The van der Waals surface area contributed by atoms with Crippen LogP contribution in [0.3, 0.4) is 0 Å². The third kappa shape index (κ3) is 2.91. The van der Waals surface area contributed by atoms with Crippen molar-refractivity contribution >= 4 is 0 Å². The molecule has 0 aliphatic heterocycles. The molecule has 1 atom stereocenters. The minimum absolute atomic E-state index is 0.226. The second kappa shape index (κ2) is 6.10. The van der Waals surface area contributed by atoms with Gasteiger partial charge in [0.2, 0.25) is 0 Å². The van der Waals surface area contributed by atoms with Gasteiger partial charge in [0.1, 0.15) is 5.82 Å². The minimum atomic E-state index is -0.226. The monoisotopic (exact) mass is 291 g/mol. The van der Waals surface area contributed by atoms with E-state index < -0.39 is 0 Å². The van der Waals surface area contributed by atoms with Gasteiger partial charge >= 0.3 is 0 Å². The van der Waals surface area contributed by atoms with Gasteiger partial charge in [0.15, 0.2) is 0 Å². The van der Waals surface area contributed by atoms with Gasteiger partial charge in [0.05, 0.1) is 5.69 Å². The summed E-state index contributed by atoms with van der Waals surface area (Å²) < 4.78 is 14.0. The van der Waals surface area contributed by atoms with Crippen LogP contribution in [-0.2, 0) is 0 Å². The molecular formula is C20H18FN. The predicted molar refractivity (Wildman–Crippen MR) is 88.3 cm³/mol. The molecule has 1 heterocycles. The van der Waals surface area contributed by atoms with Crippen molar-refractivity contribution in [3.63, 3.8) is 0 Å². The quantitative estimate of drug-likeness (QED) is 0.634. The van der Waals surface area contributed by atoms with Gasteiger partial charge in [-0.2, -0.15) is 0 Å². The number of hydrogen-bond donors (Lipinski definition) is 0. The fourth-order valence-corrected chi connectivity index (χ4v) is 2.58. The van der Waals surface area contributed by atoms with Gasteiger partial charge in [-0.15, -0.1) is 0 Å². The average molecular weight is 291 g/mol. The van der Waals surface area contributed by atoms with Crippen LogP contribution in [0.1, 0.15) is 29.5 Å². The van der Waals surface area contributed by atoms with E-state index >= 15 is 0 Å². The van der Waals surface area contributed by atoms with Gasteiger partial charge in [-0.3, -0.25) is 4.98 Å². The molecule has 0 aliphatic rings. The number of halogens is 1. The second-order valence-electron chi connectivity index (χ2n) is 5.59. The van der Waals surface area contributed by atoms with Crippen LogP contribution in [0.4, 0.5) is 4.39 Å². The Hall–Kier alpha value is -2.48. The number of benzene rings is 2. The van der Waals surface area contributed by atoms with Crippen LogP contribution in [0.5, 0.6) is 0 Å². The Balaban J connectivity index is 1.90. The molecule has 0 radical (unpaired) electrons. The van der Waals surface area contributed by atoms with Crippen molar-refractivity contribution in [1.82, 2.24) is 4.98 Å². The Morgan fingerprint density at radius 3 is 2.32 bits per heavy atom. The van der Waals surface area contributed by atoms with E-state index in [1.54, 1.807) is 6.07 Å². The molecule has 3 aromatic rings. The lowest BCUT2D eigenvalue weighted by atomic mass is 9.94. The van der Waals surface area contributed by atoms with Crippen LogP contribution in [0.2, 0.25) is 0 Å². The number of pyridine rings is 1. The first-order valence-corrected chi connectivity index (χ1v) is 7.42. The summed E-state index contributed by atoms with van der Waals surface area (Å²) in [6.45, 7) is 4.03. The molecule has 2 aromatic carbocycles. The smallest absolute Gasteiger partial charge is 0.132 e. The van der Waals surface area contributed by atoms with Crippen LogP contribution < -0.4 is 0 Å². The van der Waals surface area contributed by atoms with Crippen LogP contribution in [-0.4, -0.2) is 4.98 Å². The number of rotatable bonds is 3. The highest BCUT2D eigenvalue weighted by atomic mass is 19.1. The van der Waals surface area contributed by atoms with Crippen molar-refractivity contribution in [3.05, 3.63) is 89.4 Å². The molecule has 0 bridgehead atoms. The van der Waals surface area contributed by atoms with Crippen LogP contribution in [0.25, 0.3) is 11.3 Å². The van der Waals surface area contributed by atoms with Gasteiger partial charge in [-0.05, 0) is 41.8 Å². The molecule has 110 valence electrons. The molecule has 3 rings (SSSR count). The number of nitrogens with zero attached hydrogens (tertiary/aromatic N) is 1. The lowest BCUT2D eigenvalue weighted by Gasteiger charge is -2.12. The highest BCUT2D eigenvalue weighted by Crippen LogP contribution is 2.26. The highest BCUT2D eigenvalue weighted by molar-refractivity contribution is 5.60. The molecule has 1 aromatic heterocycles. The Labute approximate surface area is 130 Å². The summed E-state index contributed by atoms with van der Waals surface area (Å²) in [6, 6.07) is 19.5. The molecule has 0 fully saturated rings. The summed E-state index contributed by atoms with van der Waals surface area (Å²) in [7, 11) is 0. The lowest BCUT2D eigenvalue weighted by Crippen LogP contribution is -1.97. The van der Waals surface area contributed by atoms with E-state index in [1.165, 1.54) is 11.6 Å². The molecular weight excluding hydrogens is 273 g/mol. The van der Waals surface area contributed by atoms with Crippen molar-refractivity contribution in [1.29, 1.82) is 0 Å². The second-order valence-corrected chi connectivity index (χ2v) is 5.59. The molecule has 1 nitrogen and oxygen atoms in total. The molecule has 0 saturated heterocycles. The van der Waals surface area contributed by atoms with Crippen LogP contribution in [0, 0.1) is 12.7 Å². The molecule has 0 aliphatic carbocycles. The van der Waals surface area contributed by atoms with Gasteiger partial charge in [-0.1, -0.05) is 49.4 Å². The Bertz CT molecular complexity index is 763.